The highest BCUT2D eigenvalue weighted by Gasteiger charge is 2.30. The number of hydrogen-bond donors (Lipinski definition) is 0. The lowest BCUT2D eigenvalue weighted by atomic mass is 10.0. The molecular weight excluding hydrogens is 506 g/mol. The van der Waals surface area contributed by atoms with E-state index in [1.165, 1.54) is 0 Å². The molecule has 10 heteroatoms. The molecule has 4 aromatic rings. The molecule has 0 spiro atoms. The topological polar surface area (TPSA) is 111 Å². The highest BCUT2D eigenvalue weighted by molar-refractivity contribution is 5.76. The van der Waals surface area contributed by atoms with Gasteiger partial charge in [0.1, 0.15) is 34.1 Å². The first-order chi connectivity index (χ1) is 19.0. The van der Waals surface area contributed by atoms with E-state index >= 15 is 0 Å². The van der Waals surface area contributed by atoms with Gasteiger partial charge in [-0.1, -0.05) is 6.07 Å². The van der Waals surface area contributed by atoms with Gasteiger partial charge in [-0.3, -0.25) is 9.67 Å². The Morgan fingerprint density at radius 3 is 2.50 bits per heavy atom. The Hall–Kier alpha value is -4.39. The fraction of sp³-hybridized carbons (Fsp3) is 0.433. The predicted octanol–water partition coefficient (Wildman–Crippen LogP) is 5.66. The van der Waals surface area contributed by atoms with E-state index in [1.54, 1.807) is 21.8 Å². The molecule has 0 atom stereocenters. The molecule has 5 heterocycles. The molecule has 0 N–H and O–H groups in total. The van der Waals surface area contributed by atoms with Crippen LogP contribution in [0.15, 0.2) is 49.1 Å². The molecule has 0 unspecified atom stereocenters. The van der Waals surface area contributed by atoms with Crippen molar-refractivity contribution in [1.29, 1.82) is 5.26 Å². The van der Waals surface area contributed by atoms with E-state index in [2.05, 4.69) is 23.1 Å². The minimum Gasteiger partial charge on any atom is -0.479 e. The minimum absolute atomic E-state index is 0.171. The summed E-state index contributed by atoms with van der Waals surface area (Å²) < 4.78 is 15.8. The van der Waals surface area contributed by atoms with Crippen LogP contribution in [0.2, 0.25) is 0 Å². The number of hydrogen-bond acceptors (Lipinski definition) is 7. The molecule has 1 aliphatic rings. The number of nitriles is 1. The Morgan fingerprint density at radius 2 is 1.85 bits per heavy atom. The van der Waals surface area contributed by atoms with Crippen LogP contribution >= 0.6 is 0 Å². The third-order valence-electron chi connectivity index (χ3n) is 7.16. The zero-order valence-electron chi connectivity index (χ0n) is 23.9. The van der Waals surface area contributed by atoms with E-state index in [4.69, 9.17) is 14.6 Å². The molecule has 5 rings (SSSR count). The van der Waals surface area contributed by atoms with Crippen LogP contribution in [0.25, 0.3) is 16.6 Å². The fourth-order valence-electron chi connectivity index (χ4n) is 5.13. The third kappa shape index (κ3) is 5.37. The molecule has 0 saturated carbocycles. The summed E-state index contributed by atoms with van der Waals surface area (Å²) in [6.45, 7) is 12.8. The molecule has 4 aromatic heterocycles. The molecule has 1 amide bonds. The van der Waals surface area contributed by atoms with E-state index < -0.39 is 11.2 Å². The highest BCUT2D eigenvalue weighted by atomic mass is 16.6. The van der Waals surface area contributed by atoms with Crippen molar-refractivity contribution in [3.8, 4) is 22.9 Å². The summed E-state index contributed by atoms with van der Waals surface area (Å²) >= 11 is 0. The van der Waals surface area contributed by atoms with Crippen LogP contribution in [0.4, 0.5) is 4.79 Å². The van der Waals surface area contributed by atoms with Crippen LogP contribution in [-0.2, 0) is 10.3 Å². The van der Waals surface area contributed by atoms with Crippen molar-refractivity contribution < 1.29 is 14.3 Å². The Morgan fingerprint density at radius 1 is 1.10 bits per heavy atom. The van der Waals surface area contributed by atoms with Crippen LogP contribution in [0.5, 0.6) is 5.75 Å². The van der Waals surface area contributed by atoms with Gasteiger partial charge in [0.05, 0.1) is 24.1 Å². The van der Waals surface area contributed by atoms with Crippen molar-refractivity contribution in [2.24, 2.45) is 0 Å². The summed E-state index contributed by atoms with van der Waals surface area (Å²) in [4.78, 5) is 18.8. The first kappa shape index (κ1) is 27.2. The van der Waals surface area contributed by atoms with Crippen molar-refractivity contribution in [1.82, 2.24) is 29.3 Å². The summed E-state index contributed by atoms with van der Waals surface area (Å²) in [5, 5.41) is 18.9. The second-order valence-electron chi connectivity index (χ2n) is 11.7. The highest BCUT2D eigenvalue weighted by Crippen LogP contribution is 2.36. The largest absolute Gasteiger partial charge is 0.479 e. The molecule has 208 valence electrons. The number of carbonyl (C=O) groups excluding carboxylic acids is 1. The van der Waals surface area contributed by atoms with Gasteiger partial charge < -0.3 is 14.4 Å². The van der Waals surface area contributed by atoms with Crippen molar-refractivity contribution in [2.45, 2.75) is 71.6 Å². The molecule has 0 aromatic carbocycles. The Labute approximate surface area is 234 Å². The first-order valence-electron chi connectivity index (χ1n) is 13.5. The van der Waals surface area contributed by atoms with Crippen molar-refractivity contribution in [2.75, 3.05) is 13.1 Å². The maximum atomic E-state index is 12.5. The maximum absolute atomic E-state index is 12.5. The average Bonchev–Trinajstić information content (AvgIpc) is 3.51. The van der Waals surface area contributed by atoms with Crippen LogP contribution in [-0.4, -0.2) is 54.1 Å². The molecule has 1 fully saturated rings. The number of ether oxygens (including phenoxy) is 2. The monoisotopic (exact) mass is 541 g/mol. The lowest BCUT2D eigenvalue weighted by molar-refractivity contribution is 0.0184. The molecule has 0 radical (unpaired) electrons. The van der Waals surface area contributed by atoms with Crippen molar-refractivity contribution >= 4 is 11.6 Å². The van der Waals surface area contributed by atoms with Crippen LogP contribution in [0.1, 0.15) is 70.5 Å². The maximum Gasteiger partial charge on any atom is 0.410 e. The summed E-state index contributed by atoms with van der Waals surface area (Å²) in [6, 6.07) is 10.1. The van der Waals surface area contributed by atoms with E-state index in [0.29, 0.717) is 29.9 Å². The summed E-state index contributed by atoms with van der Waals surface area (Å²) in [5.74, 6) is 0.542. The van der Waals surface area contributed by atoms with Gasteiger partial charge >= 0.3 is 6.09 Å². The zero-order chi connectivity index (χ0) is 28.7. The van der Waals surface area contributed by atoms with E-state index in [9.17, 15) is 10.1 Å². The van der Waals surface area contributed by atoms with Crippen LogP contribution in [0.3, 0.4) is 0 Å². The van der Waals surface area contributed by atoms with E-state index in [0.717, 1.165) is 35.4 Å². The minimum atomic E-state index is -0.751. The second kappa shape index (κ2) is 10.3. The van der Waals surface area contributed by atoms with Crippen LogP contribution < -0.4 is 4.74 Å². The van der Waals surface area contributed by atoms with Gasteiger partial charge in [0.15, 0.2) is 0 Å². The van der Waals surface area contributed by atoms with Crippen LogP contribution in [0, 0.1) is 18.3 Å². The SMILES string of the molecule is Cc1c(-c2cc(OC(C)(C)c3ccccn3)c3c(C#N)cnn3c2)cnn1C1CCN(C(=O)OC(C)(C)C)CC1. The quantitative estimate of drug-likeness (QED) is 0.321. The van der Waals surface area contributed by atoms with Gasteiger partial charge in [0.2, 0.25) is 0 Å². The van der Waals surface area contributed by atoms with Gasteiger partial charge in [0.25, 0.3) is 0 Å². The van der Waals surface area contributed by atoms with E-state index in [-0.39, 0.29) is 12.1 Å². The summed E-state index contributed by atoms with van der Waals surface area (Å²) in [5.41, 5.74) is 3.39. The standard InChI is InChI=1S/C30H35N7O3/c1-20-24(18-34-37(20)23-10-13-35(14-11-23)28(38)40-29(2,3)4)21-15-25(27-22(16-31)17-33-36(27)19-21)39-30(5,6)26-9-7-8-12-32-26/h7-9,12,15,17-19,23H,10-11,13-14H2,1-6H3. The lowest BCUT2D eigenvalue weighted by Crippen LogP contribution is -2.42. The van der Waals surface area contributed by atoms with E-state index in [1.807, 2.05) is 76.0 Å². The number of likely N-dealkylation sites (tertiary alicyclic amines) is 1. The smallest absolute Gasteiger partial charge is 0.410 e. The number of nitrogens with zero attached hydrogens (tertiary/aromatic N) is 7. The van der Waals surface area contributed by atoms with Gasteiger partial charge in [0, 0.05) is 42.3 Å². The Kier molecular flexibility index (Phi) is 7.00. The average molecular weight is 542 g/mol. The van der Waals surface area contributed by atoms with Gasteiger partial charge in [-0.15, -0.1) is 0 Å². The zero-order valence-corrected chi connectivity index (χ0v) is 23.9. The number of aromatic nitrogens is 5. The number of rotatable bonds is 5. The molecule has 0 aliphatic carbocycles. The Bertz CT molecular complexity index is 1570. The lowest BCUT2D eigenvalue weighted by Gasteiger charge is -2.34. The third-order valence-corrected chi connectivity index (χ3v) is 7.16. The van der Waals surface area contributed by atoms with Gasteiger partial charge in [-0.25, -0.2) is 9.31 Å². The summed E-state index contributed by atoms with van der Waals surface area (Å²) in [7, 11) is 0. The molecule has 0 bridgehead atoms. The van der Waals surface area contributed by atoms with Gasteiger partial charge in [-0.05, 0) is 72.6 Å². The molecular formula is C30H35N7O3. The second-order valence-corrected chi connectivity index (χ2v) is 11.7. The van der Waals surface area contributed by atoms with Crippen molar-refractivity contribution in [3.63, 3.8) is 0 Å². The normalized spacial score (nSPS) is 14.8. The summed E-state index contributed by atoms with van der Waals surface area (Å²) in [6.07, 6.45) is 8.36. The predicted molar refractivity (Wildman–Crippen MR) is 150 cm³/mol. The molecule has 40 heavy (non-hydrogen) atoms. The number of carbonyl (C=O) groups is 1. The molecule has 1 saturated heterocycles. The molecule has 10 nitrogen and oxygen atoms in total. The number of pyridine rings is 2. The first-order valence-corrected chi connectivity index (χ1v) is 13.5. The van der Waals surface area contributed by atoms with Crippen molar-refractivity contribution in [3.05, 3.63) is 66.0 Å². The molecule has 1 aliphatic heterocycles. The number of amides is 1. The Balaban J connectivity index is 1.43. The number of piperidine rings is 1. The fourth-order valence-corrected chi connectivity index (χ4v) is 5.13. The van der Waals surface area contributed by atoms with Gasteiger partial charge in [-0.2, -0.15) is 15.5 Å². The number of fused-ring (bicyclic) bond motifs is 1.